The highest BCUT2D eigenvalue weighted by molar-refractivity contribution is 7.91. The minimum absolute atomic E-state index is 0.000680. The minimum atomic E-state index is -3.36. The molecule has 1 aromatic carbocycles. The smallest absolute Gasteiger partial charge is 0.179 e. The van der Waals surface area contributed by atoms with Crippen molar-refractivity contribution in [2.24, 2.45) is 0 Å². The van der Waals surface area contributed by atoms with Crippen LogP contribution in [-0.4, -0.2) is 25.7 Å². The fraction of sp³-hybridized carbons (Fsp3) is 0.231. The normalized spacial score (nSPS) is 11.2. The lowest BCUT2D eigenvalue weighted by Crippen LogP contribution is -2.22. The number of hydrogen-bond acceptors (Lipinski definition) is 6. The Balaban J connectivity index is 1.92. The van der Waals surface area contributed by atoms with E-state index in [0.29, 0.717) is 18.7 Å². The third kappa shape index (κ3) is 3.87. The molecule has 0 atom stereocenters. The van der Waals surface area contributed by atoms with Crippen LogP contribution in [0.3, 0.4) is 0 Å². The average Bonchev–Trinajstić information content (AvgIpc) is 2.97. The average molecular weight is 307 g/mol. The first-order valence-electron chi connectivity index (χ1n) is 5.93. The van der Waals surface area contributed by atoms with Crippen molar-refractivity contribution in [2.75, 3.05) is 12.3 Å². The van der Waals surface area contributed by atoms with E-state index in [9.17, 15) is 8.42 Å². The second kappa shape index (κ2) is 6.61. The Hall–Kier alpha value is -1.75. The van der Waals surface area contributed by atoms with E-state index in [4.69, 9.17) is 5.26 Å². The maximum Gasteiger partial charge on any atom is 0.179 e. The van der Waals surface area contributed by atoms with Crippen molar-refractivity contribution >= 4 is 21.2 Å². The second-order valence-electron chi connectivity index (χ2n) is 4.10. The summed E-state index contributed by atoms with van der Waals surface area (Å²) in [5, 5.41) is 11.9. The summed E-state index contributed by atoms with van der Waals surface area (Å²) in [5.41, 5.74) is 2.09. The molecule has 104 valence electrons. The minimum Gasteiger partial charge on any atom is -0.311 e. The van der Waals surface area contributed by atoms with Gasteiger partial charge in [0.2, 0.25) is 0 Å². The van der Waals surface area contributed by atoms with E-state index in [0.717, 1.165) is 4.88 Å². The highest BCUT2D eigenvalue weighted by Crippen LogP contribution is 2.12. The van der Waals surface area contributed by atoms with Crippen molar-refractivity contribution in [3.05, 3.63) is 46.4 Å². The van der Waals surface area contributed by atoms with E-state index in [1.165, 1.54) is 23.5 Å². The van der Waals surface area contributed by atoms with Gasteiger partial charge in [-0.15, -0.1) is 11.3 Å². The summed E-state index contributed by atoms with van der Waals surface area (Å²) in [6.07, 6.45) is 1.75. The van der Waals surface area contributed by atoms with Gasteiger partial charge in [0.25, 0.3) is 0 Å². The molecule has 0 spiro atoms. The van der Waals surface area contributed by atoms with Crippen LogP contribution >= 0.6 is 11.3 Å². The number of nitriles is 1. The molecule has 2 rings (SSSR count). The molecule has 20 heavy (non-hydrogen) atoms. The third-order valence-corrected chi connectivity index (χ3v) is 5.15. The first kappa shape index (κ1) is 14.7. The molecule has 0 aliphatic heterocycles. The molecule has 1 N–H and O–H groups in total. The van der Waals surface area contributed by atoms with E-state index < -0.39 is 9.84 Å². The van der Waals surface area contributed by atoms with Crippen LogP contribution in [0.4, 0.5) is 0 Å². The first-order chi connectivity index (χ1) is 9.62. The molecule has 2 aromatic rings. The SMILES string of the molecule is N#Cc1cccc(S(=O)(=O)CCNCc2cncs2)c1. The summed E-state index contributed by atoms with van der Waals surface area (Å²) in [7, 11) is -3.36. The monoisotopic (exact) mass is 307 g/mol. The lowest BCUT2D eigenvalue weighted by molar-refractivity contribution is 0.591. The van der Waals surface area contributed by atoms with Crippen LogP contribution in [0.5, 0.6) is 0 Å². The Morgan fingerprint density at radius 2 is 2.25 bits per heavy atom. The molecule has 7 heteroatoms. The number of nitrogens with one attached hydrogen (secondary N) is 1. The summed E-state index contributed by atoms with van der Waals surface area (Å²) in [5.74, 6) is 0.000680. The molecule has 1 aromatic heterocycles. The number of sulfone groups is 1. The molecule has 1 heterocycles. The maximum absolute atomic E-state index is 12.1. The summed E-state index contributed by atoms with van der Waals surface area (Å²) < 4.78 is 24.2. The van der Waals surface area contributed by atoms with Gasteiger partial charge in [-0.05, 0) is 18.2 Å². The zero-order chi connectivity index (χ0) is 14.4. The number of benzene rings is 1. The predicted octanol–water partition coefficient (Wildman–Crippen LogP) is 1.58. The van der Waals surface area contributed by atoms with Gasteiger partial charge in [-0.25, -0.2) is 8.42 Å². The number of hydrogen-bond donors (Lipinski definition) is 1. The number of aromatic nitrogens is 1. The summed E-state index contributed by atoms with van der Waals surface area (Å²) in [4.78, 5) is 5.20. The predicted molar refractivity (Wildman–Crippen MR) is 77.0 cm³/mol. The Morgan fingerprint density at radius 1 is 1.40 bits per heavy atom. The topological polar surface area (TPSA) is 82.8 Å². The van der Waals surface area contributed by atoms with E-state index in [1.807, 2.05) is 6.07 Å². The molecule has 0 amide bonds. The van der Waals surface area contributed by atoms with Crippen molar-refractivity contribution in [2.45, 2.75) is 11.4 Å². The molecule has 0 aliphatic carbocycles. The van der Waals surface area contributed by atoms with Crippen LogP contribution in [-0.2, 0) is 16.4 Å². The van der Waals surface area contributed by atoms with E-state index >= 15 is 0 Å². The van der Waals surface area contributed by atoms with Crippen LogP contribution in [0.15, 0.2) is 40.9 Å². The van der Waals surface area contributed by atoms with Gasteiger partial charge >= 0.3 is 0 Å². The molecule has 0 saturated carbocycles. The van der Waals surface area contributed by atoms with Crippen LogP contribution in [0.2, 0.25) is 0 Å². The third-order valence-electron chi connectivity index (χ3n) is 2.65. The molecular formula is C13H13N3O2S2. The molecule has 0 fully saturated rings. The van der Waals surface area contributed by atoms with E-state index in [-0.39, 0.29) is 10.6 Å². The van der Waals surface area contributed by atoms with E-state index in [2.05, 4.69) is 10.3 Å². The zero-order valence-corrected chi connectivity index (χ0v) is 12.2. The number of rotatable bonds is 6. The van der Waals surface area contributed by atoms with Crippen LogP contribution in [0, 0.1) is 11.3 Å². The first-order valence-corrected chi connectivity index (χ1v) is 8.46. The van der Waals surface area contributed by atoms with Crippen molar-refractivity contribution in [1.82, 2.24) is 10.3 Å². The van der Waals surface area contributed by atoms with Crippen LogP contribution in [0.1, 0.15) is 10.4 Å². The van der Waals surface area contributed by atoms with Crippen LogP contribution < -0.4 is 5.32 Å². The molecule has 5 nitrogen and oxygen atoms in total. The van der Waals surface area contributed by atoms with E-state index in [1.54, 1.807) is 23.8 Å². The van der Waals surface area contributed by atoms with Gasteiger partial charge in [-0.1, -0.05) is 6.07 Å². The maximum atomic E-state index is 12.1. The van der Waals surface area contributed by atoms with Gasteiger partial charge in [0.15, 0.2) is 9.84 Å². The summed E-state index contributed by atoms with van der Waals surface area (Å²) in [6, 6.07) is 8.02. The van der Waals surface area contributed by atoms with Gasteiger partial charge in [-0.2, -0.15) is 5.26 Å². The Morgan fingerprint density at radius 3 is 2.95 bits per heavy atom. The van der Waals surface area contributed by atoms with Gasteiger partial charge in [-0.3, -0.25) is 4.98 Å². The van der Waals surface area contributed by atoms with Gasteiger partial charge in [0.1, 0.15) is 0 Å². The highest BCUT2D eigenvalue weighted by atomic mass is 32.2. The van der Waals surface area contributed by atoms with Crippen LogP contribution in [0.25, 0.3) is 0 Å². The van der Waals surface area contributed by atoms with Gasteiger partial charge in [0.05, 0.1) is 27.8 Å². The summed E-state index contributed by atoms with van der Waals surface area (Å²) >= 11 is 1.52. The Bertz CT molecular complexity index is 703. The van der Waals surface area contributed by atoms with Crippen molar-refractivity contribution in [3.63, 3.8) is 0 Å². The number of thiazole rings is 1. The lowest BCUT2D eigenvalue weighted by Gasteiger charge is -2.05. The standard InChI is InChI=1S/C13H13N3O2S2/c14-7-11-2-1-3-13(6-11)20(17,18)5-4-15-8-12-9-16-10-19-12/h1-3,6,9-10,15H,4-5,8H2. The van der Waals surface area contributed by atoms with Crippen molar-refractivity contribution in [1.29, 1.82) is 5.26 Å². The lowest BCUT2D eigenvalue weighted by atomic mass is 10.2. The van der Waals surface area contributed by atoms with Gasteiger partial charge in [0, 0.05) is 24.2 Å². The zero-order valence-electron chi connectivity index (χ0n) is 10.6. The molecule has 0 bridgehead atoms. The van der Waals surface area contributed by atoms with Gasteiger partial charge < -0.3 is 5.32 Å². The molecule has 0 unspecified atom stereocenters. The largest absolute Gasteiger partial charge is 0.311 e. The highest BCUT2D eigenvalue weighted by Gasteiger charge is 2.14. The van der Waals surface area contributed by atoms with Crippen molar-refractivity contribution in [3.8, 4) is 6.07 Å². The molecular weight excluding hydrogens is 294 g/mol. The Kier molecular flexibility index (Phi) is 4.84. The second-order valence-corrected chi connectivity index (χ2v) is 7.18. The summed E-state index contributed by atoms with van der Waals surface area (Å²) in [6.45, 7) is 0.968. The fourth-order valence-corrected chi connectivity index (χ4v) is 3.43. The fourth-order valence-electron chi connectivity index (χ4n) is 1.62. The van der Waals surface area contributed by atoms with Crippen molar-refractivity contribution < 1.29 is 8.42 Å². The number of nitrogens with zero attached hydrogens (tertiary/aromatic N) is 2. The molecule has 0 radical (unpaired) electrons. The molecule has 0 aliphatic rings. The quantitative estimate of drug-likeness (QED) is 0.819. The molecule has 0 saturated heterocycles. The Labute approximate surface area is 121 Å².